The molecule has 1 saturated carbocycles. The number of benzene rings is 1. The van der Waals surface area contributed by atoms with Gasteiger partial charge in [-0.3, -0.25) is 0 Å². The molecule has 2 rings (SSSR count). The molecule has 0 heterocycles. The average molecular weight is 285 g/mol. The summed E-state index contributed by atoms with van der Waals surface area (Å²) in [6.07, 6.45) is 3.57. The van der Waals surface area contributed by atoms with E-state index in [4.69, 9.17) is 5.11 Å². The van der Waals surface area contributed by atoms with Gasteiger partial charge in [-0.05, 0) is 36.6 Å². The van der Waals surface area contributed by atoms with Gasteiger partial charge in [-0.1, -0.05) is 6.07 Å². The second-order valence-corrected chi connectivity index (χ2v) is 5.94. The molecule has 0 bridgehead atoms. The van der Waals surface area contributed by atoms with Gasteiger partial charge in [0, 0.05) is 12.1 Å². The molecule has 5 nitrogen and oxygen atoms in total. The number of halogens is 1. The van der Waals surface area contributed by atoms with Crippen LogP contribution in [0.15, 0.2) is 29.2 Å². The van der Waals surface area contributed by atoms with Gasteiger partial charge in [-0.2, -0.15) is 0 Å². The summed E-state index contributed by atoms with van der Waals surface area (Å²) in [5.41, 5.74) is 0.283. The van der Waals surface area contributed by atoms with Crippen LogP contribution in [-0.2, 0) is 14.8 Å². The maximum Gasteiger partial charge on any atom is 0.328 e. The van der Waals surface area contributed by atoms with Crippen LogP contribution in [-0.4, -0.2) is 25.5 Å². The molecule has 0 spiro atoms. The van der Waals surface area contributed by atoms with Crippen LogP contribution in [0.4, 0.5) is 4.39 Å². The Bertz CT molecular complexity index is 635. The molecule has 102 valence electrons. The van der Waals surface area contributed by atoms with Gasteiger partial charge in [-0.15, -0.1) is 0 Å². The Morgan fingerprint density at radius 2 is 2.11 bits per heavy atom. The van der Waals surface area contributed by atoms with Crippen molar-refractivity contribution in [3.63, 3.8) is 0 Å². The zero-order valence-electron chi connectivity index (χ0n) is 9.84. The average Bonchev–Trinajstić information content (AvgIpc) is 3.09. The summed E-state index contributed by atoms with van der Waals surface area (Å²) >= 11 is 0. The number of aliphatic carboxylic acids is 1. The fourth-order valence-electron chi connectivity index (χ4n) is 1.49. The lowest BCUT2D eigenvalue weighted by Gasteiger charge is -2.07. The summed E-state index contributed by atoms with van der Waals surface area (Å²) in [5, 5.41) is 8.45. The van der Waals surface area contributed by atoms with Crippen LogP contribution < -0.4 is 4.72 Å². The Kier molecular flexibility index (Phi) is 3.68. The highest BCUT2D eigenvalue weighted by atomic mass is 32.2. The first-order chi connectivity index (χ1) is 8.88. The molecular weight excluding hydrogens is 273 g/mol. The first kappa shape index (κ1) is 13.7. The molecule has 19 heavy (non-hydrogen) atoms. The number of hydrogen-bond acceptors (Lipinski definition) is 3. The zero-order valence-corrected chi connectivity index (χ0v) is 10.7. The molecule has 0 aliphatic heterocycles. The number of sulfonamides is 1. The van der Waals surface area contributed by atoms with Crippen molar-refractivity contribution in [3.8, 4) is 0 Å². The minimum absolute atomic E-state index is 0.101. The fourth-order valence-corrected chi connectivity index (χ4v) is 2.85. The lowest BCUT2D eigenvalue weighted by Crippen LogP contribution is -2.26. The van der Waals surface area contributed by atoms with Gasteiger partial charge in [0.2, 0.25) is 10.0 Å². The van der Waals surface area contributed by atoms with E-state index in [0.29, 0.717) is 0 Å². The number of carboxylic acid groups (broad SMARTS) is 1. The number of nitrogens with one attached hydrogen (secondary N) is 1. The van der Waals surface area contributed by atoms with Crippen LogP contribution in [0.2, 0.25) is 0 Å². The van der Waals surface area contributed by atoms with E-state index in [0.717, 1.165) is 31.1 Å². The van der Waals surface area contributed by atoms with Crippen LogP contribution in [0, 0.1) is 5.82 Å². The van der Waals surface area contributed by atoms with E-state index in [1.165, 1.54) is 12.1 Å². The Morgan fingerprint density at radius 3 is 2.63 bits per heavy atom. The van der Waals surface area contributed by atoms with E-state index >= 15 is 0 Å². The summed E-state index contributed by atoms with van der Waals surface area (Å²) in [6.45, 7) is 0. The van der Waals surface area contributed by atoms with E-state index in [9.17, 15) is 17.6 Å². The molecule has 1 aliphatic carbocycles. The number of rotatable bonds is 5. The highest BCUT2D eigenvalue weighted by Gasteiger charge is 2.29. The summed E-state index contributed by atoms with van der Waals surface area (Å²) in [4.78, 5) is 9.90. The second kappa shape index (κ2) is 5.10. The minimum Gasteiger partial charge on any atom is -0.478 e. The van der Waals surface area contributed by atoms with Crippen molar-refractivity contribution in [2.45, 2.75) is 23.8 Å². The Morgan fingerprint density at radius 1 is 1.42 bits per heavy atom. The molecule has 0 unspecified atom stereocenters. The van der Waals surface area contributed by atoms with Crippen LogP contribution in [0.5, 0.6) is 0 Å². The van der Waals surface area contributed by atoms with Crippen molar-refractivity contribution >= 4 is 22.1 Å². The summed E-state index contributed by atoms with van der Waals surface area (Å²) in [5.74, 6) is -2.06. The van der Waals surface area contributed by atoms with Gasteiger partial charge >= 0.3 is 5.97 Å². The van der Waals surface area contributed by atoms with E-state index in [-0.39, 0.29) is 11.6 Å². The molecule has 1 aromatic rings. The molecular formula is C12H12FNO4S. The third-order valence-electron chi connectivity index (χ3n) is 2.56. The Labute approximate surface area is 109 Å². The highest BCUT2D eigenvalue weighted by Crippen LogP contribution is 2.23. The lowest BCUT2D eigenvalue weighted by atomic mass is 10.2. The fraction of sp³-hybridized carbons (Fsp3) is 0.250. The third kappa shape index (κ3) is 3.62. The molecule has 0 radical (unpaired) electrons. The van der Waals surface area contributed by atoms with E-state index in [1.807, 2.05) is 0 Å². The summed E-state index contributed by atoms with van der Waals surface area (Å²) in [7, 11) is -3.84. The van der Waals surface area contributed by atoms with Crippen molar-refractivity contribution in [2.75, 3.05) is 0 Å². The maximum atomic E-state index is 13.7. The van der Waals surface area contributed by atoms with Crippen molar-refractivity contribution in [1.82, 2.24) is 4.72 Å². The molecule has 1 fully saturated rings. The standard InChI is InChI=1S/C12H12FNO4S/c13-10-7-8(2-6-12(15)16)1-5-11(10)19(17,18)14-9-3-4-9/h1-2,5-7,9,14H,3-4H2,(H,15,16)/b6-2+. The predicted molar refractivity (Wildman–Crippen MR) is 66.4 cm³/mol. The minimum atomic E-state index is -3.84. The number of carboxylic acids is 1. The molecule has 1 aliphatic rings. The van der Waals surface area contributed by atoms with Gasteiger partial charge in [0.15, 0.2) is 0 Å². The van der Waals surface area contributed by atoms with Crippen molar-refractivity contribution in [3.05, 3.63) is 35.7 Å². The predicted octanol–water partition coefficient (Wildman–Crippen LogP) is 1.36. The van der Waals surface area contributed by atoms with Crippen LogP contribution in [0.1, 0.15) is 18.4 Å². The summed E-state index contributed by atoms with van der Waals surface area (Å²) < 4.78 is 39.8. The van der Waals surface area contributed by atoms with Crippen molar-refractivity contribution in [2.24, 2.45) is 0 Å². The van der Waals surface area contributed by atoms with E-state index < -0.39 is 26.7 Å². The smallest absolute Gasteiger partial charge is 0.328 e. The maximum absolute atomic E-state index is 13.7. The first-order valence-electron chi connectivity index (χ1n) is 5.61. The Hall–Kier alpha value is -1.73. The highest BCUT2D eigenvalue weighted by molar-refractivity contribution is 7.89. The van der Waals surface area contributed by atoms with E-state index in [1.54, 1.807) is 0 Å². The Balaban J connectivity index is 2.25. The molecule has 0 atom stereocenters. The molecule has 0 saturated heterocycles. The van der Waals surface area contributed by atoms with E-state index in [2.05, 4.69) is 4.72 Å². The van der Waals surface area contributed by atoms with Crippen LogP contribution in [0.25, 0.3) is 6.08 Å². The first-order valence-corrected chi connectivity index (χ1v) is 7.10. The summed E-state index contributed by atoms with van der Waals surface area (Å²) in [6, 6.07) is 3.36. The topological polar surface area (TPSA) is 83.5 Å². The van der Waals surface area contributed by atoms with Gasteiger partial charge in [-0.25, -0.2) is 22.3 Å². The normalized spacial score (nSPS) is 15.8. The second-order valence-electron chi connectivity index (χ2n) is 4.26. The monoisotopic (exact) mass is 285 g/mol. The van der Waals surface area contributed by atoms with Gasteiger partial charge in [0.05, 0.1) is 0 Å². The van der Waals surface area contributed by atoms with Gasteiger partial charge in [0.1, 0.15) is 10.7 Å². The number of carbonyl (C=O) groups is 1. The van der Waals surface area contributed by atoms with Crippen LogP contribution in [0.3, 0.4) is 0 Å². The van der Waals surface area contributed by atoms with Gasteiger partial charge in [0.25, 0.3) is 0 Å². The van der Waals surface area contributed by atoms with Crippen molar-refractivity contribution < 1.29 is 22.7 Å². The largest absolute Gasteiger partial charge is 0.478 e. The molecule has 0 amide bonds. The number of hydrogen-bond donors (Lipinski definition) is 2. The van der Waals surface area contributed by atoms with Crippen LogP contribution >= 0.6 is 0 Å². The zero-order chi connectivity index (χ0) is 14.0. The molecule has 1 aromatic carbocycles. The SMILES string of the molecule is O=C(O)/C=C/c1ccc(S(=O)(=O)NC2CC2)c(F)c1. The third-order valence-corrected chi connectivity index (χ3v) is 4.12. The molecule has 7 heteroatoms. The lowest BCUT2D eigenvalue weighted by molar-refractivity contribution is -0.131. The quantitative estimate of drug-likeness (QED) is 0.800. The molecule has 2 N–H and O–H groups in total. The molecule has 0 aromatic heterocycles. The van der Waals surface area contributed by atoms with Crippen molar-refractivity contribution in [1.29, 1.82) is 0 Å². The van der Waals surface area contributed by atoms with Gasteiger partial charge < -0.3 is 5.11 Å².